The fourth-order valence-electron chi connectivity index (χ4n) is 1.91. The van der Waals surface area contributed by atoms with Crippen LogP contribution in [-0.4, -0.2) is 21.5 Å². The highest BCUT2D eigenvalue weighted by atomic mass is 32.2. The summed E-state index contributed by atoms with van der Waals surface area (Å²) in [6.07, 6.45) is 5.29. The fourth-order valence-corrected chi connectivity index (χ4v) is 4.26. The molecule has 0 aliphatic carbocycles. The van der Waals surface area contributed by atoms with Crippen molar-refractivity contribution in [3.63, 3.8) is 0 Å². The van der Waals surface area contributed by atoms with E-state index in [4.69, 9.17) is 0 Å². The van der Waals surface area contributed by atoms with Gasteiger partial charge < -0.3 is 0 Å². The zero-order valence-electron chi connectivity index (χ0n) is 9.24. The Bertz CT molecular complexity index is 502. The summed E-state index contributed by atoms with van der Waals surface area (Å²) in [6.45, 7) is 0. The van der Waals surface area contributed by atoms with E-state index in [0.717, 1.165) is 10.8 Å². The van der Waals surface area contributed by atoms with Crippen LogP contribution < -0.4 is 0 Å². The molecule has 0 N–H and O–H groups in total. The van der Waals surface area contributed by atoms with Gasteiger partial charge in [-0.15, -0.1) is 23.5 Å². The predicted molar refractivity (Wildman–Crippen MR) is 72.7 cm³/mol. The van der Waals surface area contributed by atoms with Gasteiger partial charge in [-0.2, -0.15) is 0 Å². The summed E-state index contributed by atoms with van der Waals surface area (Å²) in [5.74, 6) is 2.91. The largest absolute Gasteiger partial charge is 0.260 e. The van der Waals surface area contributed by atoms with Crippen LogP contribution in [0, 0.1) is 0 Å². The van der Waals surface area contributed by atoms with Crippen LogP contribution >= 0.6 is 23.5 Å². The Hall–Kier alpha value is -1.00. The first-order chi connectivity index (χ1) is 8.43. The van der Waals surface area contributed by atoms with Crippen molar-refractivity contribution in [2.45, 2.75) is 15.8 Å². The number of aromatic nitrogens is 2. The molecule has 3 rings (SSSR count). The highest BCUT2D eigenvalue weighted by molar-refractivity contribution is 8.00. The van der Waals surface area contributed by atoms with E-state index in [9.17, 15) is 0 Å². The monoisotopic (exact) mass is 260 g/mol. The molecule has 1 aromatic carbocycles. The number of benzene rings is 1. The fraction of sp³-hybridized carbons (Fsp3) is 0.231. The second-order valence-corrected chi connectivity index (χ2v) is 6.00. The van der Waals surface area contributed by atoms with Crippen LogP contribution in [0.1, 0.15) is 11.5 Å². The molecule has 0 saturated heterocycles. The van der Waals surface area contributed by atoms with Gasteiger partial charge in [-0.05, 0) is 11.6 Å². The summed E-state index contributed by atoms with van der Waals surface area (Å²) in [4.78, 5) is 9.82. The summed E-state index contributed by atoms with van der Waals surface area (Å²) in [5.41, 5.74) is 1.49. The van der Waals surface area contributed by atoms with Gasteiger partial charge in [0.05, 0.1) is 6.20 Å². The minimum absolute atomic E-state index is 0.642. The van der Waals surface area contributed by atoms with E-state index >= 15 is 0 Å². The SMILES string of the molecule is c1ccc2c(c1)SCC2CSc1cnccn1. The van der Waals surface area contributed by atoms with Crippen molar-refractivity contribution in [2.75, 3.05) is 11.5 Å². The quantitative estimate of drug-likeness (QED) is 0.789. The lowest BCUT2D eigenvalue weighted by Gasteiger charge is -2.09. The standard InChI is InChI=1S/C13H12N2S2/c1-2-4-12-11(3-1)10(8-16-12)9-17-13-7-14-5-6-15-13/h1-7,10H,8-9H2. The van der Waals surface area contributed by atoms with E-state index in [1.807, 2.05) is 18.0 Å². The molecular formula is C13H12N2S2. The van der Waals surface area contributed by atoms with Crippen LogP contribution in [0.25, 0.3) is 0 Å². The maximum Gasteiger partial charge on any atom is 0.114 e. The third-order valence-corrected chi connectivity index (χ3v) is 5.10. The van der Waals surface area contributed by atoms with Crippen LogP contribution in [0.5, 0.6) is 0 Å². The number of hydrogen-bond acceptors (Lipinski definition) is 4. The zero-order valence-corrected chi connectivity index (χ0v) is 10.9. The molecular weight excluding hydrogens is 248 g/mol. The van der Waals surface area contributed by atoms with E-state index in [1.165, 1.54) is 16.2 Å². The van der Waals surface area contributed by atoms with Crippen molar-refractivity contribution < 1.29 is 0 Å². The molecule has 0 saturated carbocycles. The van der Waals surface area contributed by atoms with Gasteiger partial charge in [-0.3, -0.25) is 4.98 Å². The minimum atomic E-state index is 0.642. The lowest BCUT2D eigenvalue weighted by molar-refractivity contribution is 0.893. The molecule has 1 atom stereocenters. The lowest BCUT2D eigenvalue weighted by atomic mass is 10.0. The van der Waals surface area contributed by atoms with Crippen LogP contribution in [-0.2, 0) is 0 Å². The van der Waals surface area contributed by atoms with Crippen LogP contribution in [0.4, 0.5) is 0 Å². The summed E-state index contributed by atoms with van der Waals surface area (Å²) < 4.78 is 0. The molecule has 1 aromatic heterocycles. The number of fused-ring (bicyclic) bond motifs is 1. The second kappa shape index (κ2) is 5.10. The van der Waals surface area contributed by atoms with Gasteiger partial charge in [0.2, 0.25) is 0 Å². The van der Waals surface area contributed by atoms with Crippen LogP contribution in [0.2, 0.25) is 0 Å². The Morgan fingerprint density at radius 1 is 1.29 bits per heavy atom. The summed E-state index contributed by atoms with van der Waals surface area (Å²) in [7, 11) is 0. The summed E-state index contributed by atoms with van der Waals surface area (Å²) >= 11 is 3.76. The molecule has 0 spiro atoms. The first kappa shape index (κ1) is 11.1. The van der Waals surface area contributed by atoms with E-state index in [2.05, 4.69) is 34.2 Å². The minimum Gasteiger partial charge on any atom is -0.260 e. The van der Waals surface area contributed by atoms with E-state index in [1.54, 1.807) is 24.2 Å². The van der Waals surface area contributed by atoms with Crippen molar-refractivity contribution in [1.29, 1.82) is 0 Å². The third-order valence-electron chi connectivity index (χ3n) is 2.77. The van der Waals surface area contributed by atoms with Crippen molar-refractivity contribution in [2.24, 2.45) is 0 Å². The average molecular weight is 260 g/mol. The highest BCUT2D eigenvalue weighted by Gasteiger charge is 2.22. The molecule has 4 heteroatoms. The van der Waals surface area contributed by atoms with Gasteiger partial charge in [-0.1, -0.05) is 18.2 Å². The van der Waals surface area contributed by atoms with Gasteiger partial charge in [0.25, 0.3) is 0 Å². The van der Waals surface area contributed by atoms with Gasteiger partial charge in [0.15, 0.2) is 0 Å². The lowest BCUT2D eigenvalue weighted by Crippen LogP contribution is -2.00. The Morgan fingerprint density at radius 2 is 2.24 bits per heavy atom. The van der Waals surface area contributed by atoms with E-state index in [-0.39, 0.29) is 0 Å². The molecule has 0 radical (unpaired) electrons. The molecule has 0 amide bonds. The molecule has 0 fully saturated rings. The average Bonchev–Trinajstić information content (AvgIpc) is 2.81. The molecule has 0 bridgehead atoms. The summed E-state index contributed by atoms with van der Waals surface area (Å²) in [6, 6.07) is 8.71. The van der Waals surface area contributed by atoms with E-state index < -0.39 is 0 Å². The Morgan fingerprint density at radius 3 is 3.12 bits per heavy atom. The van der Waals surface area contributed by atoms with Gasteiger partial charge in [0.1, 0.15) is 5.03 Å². The number of hydrogen-bond donors (Lipinski definition) is 0. The van der Waals surface area contributed by atoms with Crippen molar-refractivity contribution >= 4 is 23.5 Å². The van der Waals surface area contributed by atoms with Crippen LogP contribution in [0.15, 0.2) is 52.8 Å². The number of nitrogens with zero attached hydrogens (tertiary/aromatic N) is 2. The summed E-state index contributed by atoms with van der Waals surface area (Å²) in [5, 5.41) is 1.02. The van der Waals surface area contributed by atoms with Crippen molar-refractivity contribution in [3.8, 4) is 0 Å². The number of thioether (sulfide) groups is 2. The molecule has 1 unspecified atom stereocenters. The maximum absolute atomic E-state index is 4.29. The molecule has 86 valence electrons. The molecule has 1 aliphatic heterocycles. The second-order valence-electron chi connectivity index (χ2n) is 3.90. The molecule has 2 heterocycles. The van der Waals surface area contributed by atoms with Crippen LogP contribution in [0.3, 0.4) is 0 Å². The highest BCUT2D eigenvalue weighted by Crippen LogP contribution is 2.41. The molecule has 2 aromatic rings. The molecule has 17 heavy (non-hydrogen) atoms. The predicted octanol–water partition coefficient (Wildman–Crippen LogP) is 3.46. The van der Waals surface area contributed by atoms with Gasteiger partial charge >= 0.3 is 0 Å². The normalized spacial score (nSPS) is 18.0. The Balaban J connectivity index is 1.68. The smallest absolute Gasteiger partial charge is 0.114 e. The van der Waals surface area contributed by atoms with E-state index in [0.29, 0.717) is 5.92 Å². The Kier molecular flexibility index (Phi) is 3.34. The van der Waals surface area contributed by atoms with Crippen molar-refractivity contribution in [3.05, 3.63) is 48.4 Å². The molecule has 1 aliphatic rings. The van der Waals surface area contributed by atoms with Gasteiger partial charge in [0, 0.05) is 34.7 Å². The first-order valence-corrected chi connectivity index (χ1v) is 7.51. The van der Waals surface area contributed by atoms with Gasteiger partial charge in [-0.25, -0.2) is 4.98 Å². The zero-order chi connectivity index (χ0) is 11.5. The maximum atomic E-state index is 4.29. The Labute approximate surface area is 109 Å². The number of rotatable bonds is 3. The van der Waals surface area contributed by atoms with Crippen molar-refractivity contribution in [1.82, 2.24) is 9.97 Å². The topological polar surface area (TPSA) is 25.8 Å². The molecule has 2 nitrogen and oxygen atoms in total. The third kappa shape index (κ3) is 2.48. The first-order valence-electron chi connectivity index (χ1n) is 5.54.